The highest BCUT2D eigenvalue weighted by Gasteiger charge is 2.14. The molecule has 4 aromatic rings. The van der Waals surface area contributed by atoms with Crippen LogP contribution in [0.3, 0.4) is 0 Å². The Morgan fingerprint density at radius 3 is 2.70 bits per heavy atom. The number of hydrogen-bond acceptors (Lipinski definition) is 7. The molecule has 0 atom stereocenters. The van der Waals surface area contributed by atoms with E-state index in [0.29, 0.717) is 11.7 Å². The molecule has 30 heavy (non-hydrogen) atoms. The summed E-state index contributed by atoms with van der Waals surface area (Å²) in [4.78, 5) is 6.95. The highest BCUT2D eigenvalue weighted by Crippen LogP contribution is 2.22. The maximum absolute atomic E-state index is 5.67. The van der Waals surface area contributed by atoms with Crippen molar-refractivity contribution in [1.82, 2.24) is 30.0 Å². The third-order valence-electron chi connectivity index (χ3n) is 5.42. The van der Waals surface area contributed by atoms with Gasteiger partial charge in [-0.15, -0.1) is 5.10 Å². The summed E-state index contributed by atoms with van der Waals surface area (Å²) in [5.74, 6) is 1.71. The average Bonchev–Trinajstić information content (AvgIpc) is 3.44. The fraction of sp³-hybridized carbons (Fsp3) is 0.364. The van der Waals surface area contributed by atoms with E-state index in [9.17, 15) is 0 Å². The molecule has 1 fully saturated rings. The SMILES string of the molecule is c1ccc(OCc2nc(-c3ccc4c(c3)nnn4CCN3CCCCC3)no2)cc1. The first-order chi connectivity index (χ1) is 14.8. The zero-order chi connectivity index (χ0) is 20.2. The molecule has 5 rings (SSSR count). The second-order valence-electron chi connectivity index (χ2n) is 7.53. The molecular weight excluding hydrogens is 380 g/mol. The number of hydrogen-bond donors (Lipinski definition) is 0. The van der Waals surface area contributed by atoms with E-state index in [0.717, 1.165) is 35.4 Å². The van der Waals surface area contributed by atoms with Crippen molar-refractivity contribution in [3.63, 3.8) is 0 Å². The number of ether oxygens (including phenoxy) is 1. The predicted molar refractivity (Wildman–Crippen MR) is 112 cm³/mol. The van der Waals surface area contributed by atoms with Gasteiger partial charge in [-0.1, -0.05) is 35.0 Å². The van der Waals surface area contributed by atoms with Gasteiger partial charge in [-0.25, -0.2) is 4.68 Å². The molecule has 0 saturated carbocycles. The molecule has 0 N–H and O–H groups in total. The third-order valence-corrected chi connectivity index (χ3v) is 5.42. The molecular formula is C22H24N6O2. The number of rotatable bonds is 7. The van der Waals surface area contributed by atoms with E-state index in [4.69, 9.17) is 9.26 Å². The van der Waals surface area contributed by atoms with E-state index in [1.54, 1.807) is 0 Å². The van der Waals surface area contributed by atoms with Crippen molar-refractivity contribution >= 4 is 11.0 Å². The van der Waals surface area contributed by atoms with Gasteiger partial charge in [-0.2, -0.15) is 4.98 Å². The van der Waals surface area contributed by atoms with Gasteiger partial charge in [0.15, 0.2) is 6.61 Å². The molecule has 8 nitrogen and oxygen atoms in total. The molecule has 0 unspecified atom stereocenters. The summed E-state index contributed by atoms with van der Waals surface area (Å²) in [6.45, 7) is 4.46. The van der Waals surface area contributed by atoms with Gasteiger partial charge in [0.05, 0.1) is 12.1 Å². The molecule has 0 bridgehead atoms. The van der Waals surface area contributed by atoms with Crippen LogP contribution in [-0.2, 0) is 13.2 Å². The number of benzene rings is 2. The first-order valence-corrected chi connectivity index (χ1v) is 10.4. The summed E-state index contributed by atoms with van der Waals surface area (Å²) in [5.41, 5.74) is 2.70. The van der Waals surface area contributed by atoms with Gasteiger partial charge in [-0.05, 0) is 56.3 Å². The summed E-state index contributed by atoms with van der Waals surface area (Å²) in [7, 11) is 0. The lowest BCUT2D eigenvalue weighted by Crippen LogP contribution is -2.32. The summed E-state index contributed by atoms with van der Waals surface area (Å²) >= 11 is 0. The highest BCUT2D eigenvalue weighted by molar-refractivity contribution is 5.79. The van der Waals surface area contributed by atoms with Gasteiger partial charge in [-0.3, -0.25) is 0 Å². The van der Waals surface area contributed by atoms with Crippen molar-refractivity contribution in [3.8, 4) is 17.1 Å². The van der Waals surface area contributed by atoms with E-state index < -0.39 is 0 Å². The molecule has 0 radical (unpaired) electrons. The second-order valence-corrected chi connectivity index (χ2v) is 7.53. The molecule has 1 aliphatic rings. The summed E-state index contributed by atoms with van der Waals surface area (Å²) in [6.07, 6.45) is 3.94. The zero-order valence-electron chi connectivity index (χ0n) is 16.8. The van der Waals surface area contributed by atoms with Crippen molar-refractivity contribution in [2.24, 2.45) is 0 Å². The minimum absolute atomic E-state index is 0.228. The van der Waals surface area contributed by atoms with Crippen molar-refractivity contribution in [2.45, 2.75) is 32.4 Å². The third kappa shape index (κ3) is 4.18. The van der Waals surface area contributed by atoms with Crippen LogP contribution in [0.2, 0.25) is 0 Å². The maximum atomic E-state index is 5.67. The van der Waals surface area contributed by atoms with Crippen LogP contribution < -0.4 is 4.74 Å². The molecule has 154 valence electrons. The number of likely N-dealkylation sites (tertiary alicyclic amines) is 1. The lowest BCUT2D eigenvalue weighted by molar-refractivity contribution is 0.218. The molecule has 3 heterocycles. The first-order valence-electron chi connectivity index (χ1n) is 10.4. The number of fused-ring (bicyclic) bond motifs is 1. The molecule has 1 aliphatic heterocycles. The molecule has 2 aromatic carbocycles. The summed E-state index contributed by atoms with van der Waals surface area (Å²) < 4.78 is 13.0. The Morgan fingerprint density at radius 1 is 0.967 bits per heavy atom. The van der Waals surface area contributed by atoms with Gasteiger partial charge in [0.25, 0.3) is 5.89 Å². The number of aromatic nitrogens is 5. The van der Waals surface area contributed by atoms with Crippen LogP contribution in [0, 0.1) is 0 Å². The summed E-state index contributed by atoms with van der Waals surface area (Å²) in [6, 6.07) is 15.5. The van der Waals surface area contributed by atoms with Gasteiger partial charge in [0.2, 0.25) is 5.82 Å². The lowest BCUT2D eigenvalue weighted by atomic mass is 10.1. The molecule has 0 aliphatic carbocycles. The molecule has 8 heteroatoms. The number of para-hydroxylation sites is 1. The average molecular weight is 404 g/mol. The van der Waals surface area contributed by atoms with Crippen molar-refractivity contribution in [1.29, 1.82) is 0 Å². The fourth-order valence-electron chi connectivity index (χ4n) is 3.79. The Labute approximate surface area is 174 Å². The van der Waals surface area contributed by atoms with Gasteiger partial charge >= 0.3 is 0 Å². The van der Waals surface area contributed by atoms with E-state index in [-0.39, 0.29) is 6.61 Å². The first kappa shape index (κ1) is 18.7. The zero-order valence-corrected chi connectivity index (χ0v) is 16.8. The Morgan fingerprint density at radius 2 is 1.83 bits per heavy atom. The Hall–Kier alpha value is -3.26. The van der Waals surface area contributed by atoms with Crippen LogP contribution in [0.25, 0.3) is 22.4 Å². The minimum Gasteiger partial charge on any atom is -0.484 e. The lowest BCUT2D eigenvalue weighted by Gasteiger charge is -2.26. The van der Waals surface area contributed by atoms with Crippen LogP contribution in [0.4, 0.5) is 0 Å². The predicted octanol–water partition coefficient (Wildman–Crippen LogP) is 3.55. The van der Waals surface area contributed by atoms with Gasteiger partial charge < -0.3 is 14.2 Å². The smallest absolute Gasteiger partial charge is 0.264 e. The number of nitrogens with zero attached hydrogens (tertiary/aromatic N) is 6. The van der Waals surface area contributed by atoms with Crippen LogP contribution in [-0.4, -0.2) is 49.7 Å². The van der Waals surface area contributed by atoms with Crippen molar-refractivity contribution in [2.75, 3.05) is 19.6 Å². The standard InChI is InChI=1S/C22H24N6O2/c1-3-7-18(8-4-1)29-16-21-23-22(25-30-21)17-9-10-20-19(15-17)24-26-28(20)14-13-27-11-5-2-6-12-27/h1,3-4,7-10,15H,2,5-6,11-14,16H2. The van der Waals surface area contributed by atoms with E-state index in [1.165, 1.54) is 32.4 Å². The normalized spacial score (nSPS) is 14.9. The van der Waals surface area contributed by atoms with Crippen molar-refractivity contribution < 1.29 is 9.26 Å². The van der Waals surface area contributed by atoms with Crippen LogP contribution >= 0.6 is 0 Å². The monoisotopic (exact) mass is 404 g/mol. The molecule has 0 spiro atoms. The van der Waals surface area contributed by atoms with Crippen LogP contribution in [0.1, 0.15) is 25.2 Å². The Kier molecular flexibility index (Phi) is 5.39. The largest absolute Gasteiger partial charge is 0.484 e. The number of piperidine rings is 1. The summed E-state index contributed by atoms with van der Waals surface area (Å²) in [5, 5.41) is 12.8. The molecule has 1 saturated heterocycles. The maximum Gasteiger partial charge on any atom is 0.264 e. The van der Waals surface area contributed by atoms with Crippen LogP contribution in [0.15, 0.2) is 53.1 Å². The van der Waals surface area contributed by atoms with Crippen LogP contribution in [0.5, 0.6) is 5.75 Å². The molecule has 0 amide bonds. The minimum atomic E-state index is 0.228. The second kappa shape index (κ2) is 8.62. The highest BCUT2D eigenvalue weighted by atomic mass is 16.5. The van der Waals surface area contributed by atoms with Gasteiger partial charge in [0.1, 0.15) is 11.3 Å². The quantitative estimate of drug-likeness (QED) is 0.466. The van der Waals surface area contributed by atoms with E-state index in [1.807, 2.05) is 53.2 Å². The van der Waals surface area contributed by atoms with Crippen molar-refractivity contribution in [3.05, 3.63) is 54.4 Å². The van der Waals surface area contributed by atoms with Gasteiger partial charge in [0, 0.05) is 12.1 Å². The van der Waals surface area contributed by atoms with E-state index in [2.05, 4.69) is 25.4 Å². The fourth-order valence-corrected chi connectivity index (χ4v) is 3.79. The Bertz CT molecular complexity index is 1100. The Balaban J connectivity index is 1.26. The topological polar surface area (TPSA) is 82.1 Å². The van der Waals surface area contributed by atoms with E-state index >= 15 is 0 Å². The molecule has 2 aromatic heterocycles.